The standard InChI is InChI=1S/C17H18N2O6/c1-10(20)16(22)7-14(13-5-3-12(9-18)4-6-13)8-17(23,11(2)21)15(16)19(24)25/h3-6,14-15,22-23H,7-8H2,1-2H3/t14?,15?,16-,17+. The third-order valence-electron chi connectivity index (χ3n) is 4.96. The Morgan fingerprint density at radius 2 is 1.60 bits per heavy atom. The molecule has 132 valence electrons. The van der Waals surface area contributed by atoms with Crippen LogP contribution in [0.1, 0.15) is 43.7 Å². The van der Waals surface area contributed by atoms with Crippen LogP contribution in [0.15, 0.2) is 24.3 Å². The molecule has 1 aromatic rings. The molecule has 1 fully saturated rings. The van der Waals surface area contributed by atoms with E-state index in [2.05, 4.69) is 0 Å². The Labute approximate surface area is 143 Å². The first-order valence-electron chi connectivity index (χ1n) is 7.66. The van der Waals surface area contributed by atoms with Crippen molar-refractivity contribution in [2.24, 2.45) is 0 Å². The molecule has 0 radical (unpaired) electrons. The summed E-state index contributed by atoms with van der Waals surface area (Å²) >= 11 is 0. The van der Waals surface area contributed by atoms with Gasteiger partial charge in [-0.2, -0.15) is 5.26 Å². The van der Waals surface area contributed by atoms with Crippen LogP contribution in [-0.2, 0) is 9.59 Å². The molecule has 8 nitrogen and oxygen atoms in total. The lowest BCUT2D eigenvalue weighted by Gasteiger charge is -2.45. The molecular weight excluding hydrogens is 328 g/mol. The minimum Gasteiger partial charge on any atom is -0.376 e. The van der Waals surface area contributed by atoms with E-state index in [0.717, 1.165) is 13.8 Å². The van der Waals surface area contributed by atoms with Gasteiger partial charge in [0.05, 0.1) is 11.6 Å². The Morgan fingerprint density at radius 3 is 1.92 bits per heavy atom. The van der Waals surface area contributed by atoms with Gasteiger partial charge in [0.15, 0.2) is 22.8 Å². The molecule has 8 heteroatoms. The first kappa shape index (κ1) is 18.7. The Morgan fingerprint density at radius 1 is 1.16 bits per heavy atom. The van der Waals surface area contributed by atoms with Crippen LogP contribution in [0.25, 0.3) is 0 Å². The van der Waals surface area contributed by atoms with Crippen LogP contribution in [0, 0.1) is 21.4 Å². The van der Waals surface area contributed by atoms with Crippen molar-refractivity contribution in [3.63, 3.8) is 0 Å². The maximum Gasteiger partial charge on any atom is 0.283 e. The molecule has 1 aromatic carbocycles. The van der Waals surface area contributed by atoms with E-state index >= 15 is 0 Å². The van der Waals surface area contributed by atoms with Crippen molar-refractivity contribution in [3.05, 3.63) is 45.5 Å². The quantitative estimate of drug-likeness (QED) is 0.604. The van der Waals surface area contributed by atoms with Gasteiger partial charge in [-0.1, -0.05) is 12.1 Å². The summed E-state index contributed by atoms with van der Waals surface area (Å²) in [6.45, 7) is 2.00. The van der Waals surface area contributed by atoms with Gasteiger partial charge in [-0.15, -0.1) is 0 Å². The topological polar surface area (TPSA) is 142 Å². The van der Waals surface area contributed by atoms with E-state index in [-0.39, 0.29) is 12.8 Å². The second kappa shape index (κ2) is 6.35. The molecule has 0 spiro atoms. The number of rotatable bonds is 4. The number of ketones is 2. The van der Waals surface area contributed by atoms with Crippen molar-refractivity contribution in [1.82, 2.24) is 0 Å². The van der Waals surface area contributed by atoms with Crippen LogP contribution in [-0.4, -0.2) is 43.9 Å². The number of nitro groups is 1. The molecule has 2 N–H and O–H groups in total. The largest absolute Gasteiger partial charge is 0.376 e. The molecule has 2 unspecified atom stereocenters. The average molecular weight is 346 g/mol. The first-order valence-corrected chi connectivity index (χ1v) is 7.66. The lowest BCUT2D eigenvalue weighted by Crippen LogP contribution is -2.69. The van der Waals surface area contributed by atoms with Crippen LogP contribution in [0.2, 0.25) is 0 Å². The molecule has 1 aliphatic carbocycles. The molecule has 25 heavy (non-hydrogen) atoms. The highest BCUT2D eigenvalue weighted by molar-refractivity contribution is 5.91. The Hall–Kier alpha value is -2.63. The van der Waals surface area contributed by atoms with E-state index in [9.17, 15) is 29.9 Å². The van der Waals surface area contributed by atoms with Gasteiger partial charge in [-0.05, 0) is 50.3 Å². The molecule has 0 aromatic heterocycles. The summed E-state index contributed by atoms with van der Waals surface area (Å²) in [5, 5.41) is 41.8. The molecule has 0 aliphatic heterocycles. The third-order valence-corrected chi connectivity index (χ3v) is 4.96. The second-order valence-electron chi connectivity index (χ2n) is 6.49. The fourth-order valence-corrected chi connectivity index (χ4v) is 3.53. The number of nitriles is 1. The van der Waals surface area contributed by atoms with Crippen LogP contribution in [0.5, 0.6) is 0 Å². The molecule has 2 rings (SSSR count). The maximum atomic E-state index is 12.0. The smallest absolute Gasteiger partial charge is 0.283 e. The highest BCUT2D eigenvalue weighted by Crippen LogP contribution is 2.46. The SMILES string of the molecule is CC(=O)[C@]1(O)CC(c2ccc(C#N)cc2)C[C@](O)(C(C)=O)C1[N+](=O)[O-]. The molecule has 1 saturated carbocycles. The van der Waals surface area contributed by atoms with Gasteiger partial charge in [0.1, 0.15) is 0 Å². The number of benzene rings is 1. The number of carbonyl (C=O) groups excluding carboxylic acids is 2. The molecular formula is C17H18N2O6. The van der Waals surface area contributed by atoms with Crippen LogP contribution in [0.3, 0.4) is 0 Å². The predicted octanol–water partition coefficient (Wildman–Crippen LogP) is 0.721. The monoisotopic (exact) mass is 346 g/mol. The second-order valence-corrected chi connectivity index (χ2v) is 6.49. The Balaban J connectivity index is 2.57. The summed E-state index contributed by atoms with van der Waals surface area (Å²) in [5.74, 6) is -2.42. The number of aliphatic hydroxyl groups is 2. The van der Waals surface area contributed by atoms with Gasteiger partial charge in [-0.3, -0.25) is 19.7 Å². The first-order chi connectivity index (χ1) is 11.6. The van der Waals surface area contributed by atoms with Gasteiger partial charge in [0.2, 0.25) is 0 Å². The Bertz CT molecular complexity index is 738. The zero-order chi connectivity index (χ0) is 19.0. The van der Waals surface area contributed by atoms with Crippen molar-refractivity contribution in [1.29, 1.82) is 5.26 Å². The van der Waals surface area contributed by atoms with E-state index in [4.69, 9.17) is 5.26 Å². The zero-order valence-corrected chi connectivity index (χ0v) is 13.8. The van der Waals surface area contributed by atoms with Crippen molar-refractivity contribution in [2.45, 2.75) is 49.9 Å². The van der Waals surface area contributed by atoms with E-state index in [1.54, 1.807) is 12.1 Å². The third kappa shape index (κ3) is 3.04. The Kier molecular flexibility index (Phi) is 4.75. The van der Waals surface area contributed by atoms with Gasteiger partial charge in [0.25, 0.3) is 6.04 Å². The van der Waals surface area contributed by atoms with E-state index in [1.165, 1.54) is 12.1 Å². The summed E-state index contributed by atoms with van der Waals surface area (Å²) < 4.78 is 0. The fraction of sp³-hybridized carbons (Fsp3) is 0.471. The van der Waals surface area contributed by atoms with Gasteiger partial charge < -0.3 is 10.2 Å². The highest BCUT2D eigenvalue weighted by atomic mass is 16.6. The van der Waals surface area contributed by atoms with Gasteiger partial charge in [-0.25, -0.2) is 0 Å². The van der Waals surface area contributed by atoms with Crippen LogP contribution >= 0.6 is 0 Å². The van der Waals surface area contributed by atoms with Gasteiger partial charge in [0, 0.05) is 4.92 Å². The molecule has 0 saturated heterocycles. The van der Waals surface area contributed by atoms with E-state index in [0.29, 0.717) is 11.1 Å². The average Bonchev–Trinajstić information content (AvgIpc) is 2.53. The summed E-state index contributed by atoms with van der Waals surface area (Å²) in [6.07, 6.45) is -0.592. The zero-order valence-electron chi connectivity index (χ0n) is 13.8. The normalized spacial score (nSPS) is 31.8. The van der Waals surface area contributed by atoms with Crippen molar-refractivity contribution in [2.75, 3.05) is 0 Å². The van der Waals surface area contributed by atoms with Crippen molar-refractivity contribution < 1.29 is 24.7 Å². The van der Waals surface area contributed by atoms with Crippen molar-refractivity contribution in [3.8, 4) is 6.07 Å². The van der Waals surface area contributed by atoms with Crippen LogP contribution in [0.4, 0.5) is 0 Å². The minimum absolute atomic E-state index is 0.296. The number of nitrogens with zero attached hydrogens (tertiary/aromatic N) is 2. The lowest BCUT2D eigenvalue weighted by molar-refractivity contribution is -0.564. The van der Waals surface area contributed by atoms with Crippen LogP contribution < -0.4 is 0 Å². The van der Waals surface area contributed by atoms with E-state index in [1.807, 2.05) is 6.07 Å². The summed E-state index contributed by atoms with van der Waals surface area (Å²) in [6, 6.07) is 6.02. The molecule has 1 aliphatic rings. The number of carbonyl (C=O) groups is 2. The fourth-order valence-electron chi connectivity index (χ4n) is 3.53. The molecule has 0 heterocycles. The summed E-state index contributed by atoms with van der Waals surface area (Å²) in [4.78, 5) is 34.5. The number of hydrogen-bond acceptors (Lipinski definition) is 7. The summed E-state index contributed by atoms with van der Waals surface area (Å²) in [7, 11) is 0. The minimum atomic E-state index is -2.47. The summed E-state index contributed by atoms with van der Waals surface area (Å²) in [5.41, 5.74) is -3.98. The molecule has 4 atom stereocenters. The van der Waals surface area contributed by atoms with Crippen molar-refractivity contribution >= 4 is 11.6 Å². The molecule has 0 bridgehead atoms. The predicted molar refractivity (Wildman–Crippen MR) is 85.2 cm³/mol. The van der Waals surface area contributed by atoms with E-state index < -0.39 is 39.7 Å². The number of Topliss-reactive ketones (excluding diaryl/α,β-unsaturated/α-hetero) is 2. The molecule has 0 amide bonds. The highest BCUT2D eigenvalue weighted by Gasteiger charge is 2.67. The van der Waals surface area contributed by atoms with Gasteiger partial charge >= 0.3 is 0 Å². The maximum absolute atomic E-state index is 12.0. The number of hydrogen-bond donors (Lipinski definition) is 2. The lowest BCUT2D eigenvalue weighted by atomic mass is 9.62.